The van der Waals surface area contributed by atoms with Crippen LogP contribution in [0.3, 0.4) is 0 Å². The number of rotatable bonds is 7. The first kappa shape index (κ1) is 27.6. The lowest BCUT2D eigenvalue weighted by molar-refractivity contribution is -0.154. The molecule has 1 aromatic heterocycles. The Bertz CT molecular complexity index is 2000. The van der Waals surface area contributed by atoms with Crippen LogP contribution in [-0.4, -0.2) is 12.5 Å². The third-order valence-corrected chi connectivity index (χ3v) is 6.69. The van der Waals surface area contributed by atoms with E-state index < -0.39 is 35.6 Å². The molecule has 0 aliphatic heterocycles. The summed E-state index contributed by atoms with van der Waals surface area (Å²) in [5.41, 5.74) is 0.970. The quantitative estimate of drug-likeness (QED) is 0.205. The number of carbonyl (C=O) groups excluding carboxylic acids is 1. The molecule has 6 nitrogen and oxygen atoms in total. The average Bonchev–Trinajstić information content (AvgIpc) is 3.01. The Morgan fingerprint density at radius 2 is 1.42 bits per heavy atom. The van der Waals surface area contributed by atoms with Crippen molar-refractivity contribution in [3.8, 4) is 28.4 Å². The fraction of sp³-hybridized carbons (Fsp3) is 0.0588. The van der Waals surface area contributed by atoms with Gasteiger partial charge in [-0.1, -0.05) is 78.9 Å². The second kappa shape index (κ2) is 11.4. The summed E-state index contributed by atoms with van der Waals surface area (Å²) in [5, 5.41) is 4.42. The summed E-state index contributed by atoms with van der Waals surface area (Å²) in [6.45, 7) is -0.425. The molecule has 0 fully saturated rings. The lowest BCUT2D eigenvalue weighted by Crippen LogP contribution is -2.20. The third-order valence-electron chi connectivity index (χ3n) is 6.69. The van der Waals surface area contributed by atoms with Gasteiger partial charge in [-0.05, 0) is 46.8 Å². The Morgan fingerprint density at radius 3 is 2.19 bits per heavy atom. The molecule has 0 atom stereocenters. The number of halogens is 3. The fourth-order valence-electron chi connectivity index (χ4n) is 4.66. The summed E-state index contributed by atoms with van der Waals surface area (Å²) in [6.07, 6.45) is -5.03. The van der Waals surface area contributed by atoms with Gasteiger partial charge in [0, 0.05) is 17.1 Å². The summed E-state index contributed by atoms with van der Waals surface area (Å²) in [7, 11) is 0. The number of amides is 1. The van der Waals surface area contributed by atoms with Crippen LogP contribution in [0.2, 0.25) is 0 Å². The molecule has 0 saturated carbocycles. The maximum Gasteiger partial charge on any atom is 0.453 e. The topological polar surface area (TPSA) is 77.8 Å². The van der Waals surface area contributed by atoms with Crippen LogP contribution in [0.4, 0.5) is 18.9 Å². The minimum absolute atomic E-state index is 0.0361. The number of ether oxygens (including phenoxy) is 2. The summed E-state index contributed by atoms with van der Waals surface area (Å²) in [5.74, 6) is -2.95. The van der Waals surface area contributed by atoms with E-state index in [1.165, 1.54) is 24.3 Å². The molecule has 5 aromatic carbocycles. The Hall–Kier alpha value is -5.57. The van der Waals surface area contributed by atoms with Crippen molar-refractivity contribution in [3.05, 3.63) is 131 Å². The van der Waals surface area contributed by atoms with E-state index in [1.807, 2.05) is 60.7 Å². The van der Waals surface area contributed by atoms with Crippen LogP contribution < -0.4 is 20.2 Å². The van der Waals surface area contributed by atoms with Crippen LogP contribution >= 0.6 is 0 Å². The Morgan fingerprint density at radius 1 is 0.744 bits per heavy atom. The van der Waals surface area contributed by atoms with Crippen LogP contribution in [0.1, 0.15) is 5.76 Å². The Balaban J connectivity index is 1.23. The van der Waals surface area contributed by atoms with Gasteiger partial charge in [-0.15, -0.1) is 0 Å². The zero-order valence-corrected chi connectivity index (χ0v) is 22.4. The van der Waals surface area contributed by atoms with Gasteiger partial charge in [0.25, 0.3) is 11.7 Å². The van der Waals surface area contributed by atoms with Gasteiger partial charge < -0.3 is 19.2 Å². The molecule has 214 valence electrons. The monoisotopic (exact) mass is 581 g/mol. The molecular formula is C34H22F3NO5. The van der Waals surface area contributed by atoms with Crippen LogP contribution in [0.15, 0.2) is 124 Å². The van der Waals surface area contributed by atoms with E-state index in [4.69, 9.17) is 13.9 Å². The summed E-state index contributed by atoms with van der Waals surface area (Å²) in [4.78, 5) is 25.8. The van der Waals surface area contributed by atoms with Gasteiger partial charge in [0.05, 0.1) is 5.39 Å². The van der Waals surface area contributed by atoms with Gasteiger partial charge >= 0.3 is 6.18 Å². The Kier molecular flexibility index (Phi) is 7.29. The molecule has 0 unspecified atom stereocenters. The molecule has 0 radical (unpaired) electrons. The van der Waals surface area contributed by atoms with Crippen LogP contribution in [0.25, 0.3) is 32.9 Å². The van der Waals surface area contributed by atoms with Crippen molar-refractivity contribution in [2.24, 2.45) is 0 Å². The highest BCUT2D eigenvalue weighted by Gasteiger charge is 2.40. The maximum absolute atomic E-state index is 14.0. The fourth-order valence-corrected chi connectivity index (χ4v) is 4.66. The standard InChI is InChI=1S/C34H22F3NO5/c35-34(36,37)33-32(42-24-15-13-22(14-16-24)21-7-2-1-3-8-21)31(40)27-18-17-25(19-29(27)43-33)41-20-30(39)38-28-12-6-10-23-9-4-5-11-26(23)28/h1-19H,20H2,(H,38,39). The van der Waals surface area contributed by atoms with Crippen molar-refractivity contribution in [2.45, 2.75) is 6.18 Å². The Labute approximate surface area is 242 Å². The predicted molar refractivity (Wildman–Crippen MR) is 158 cm³/mol. The van der Waals surface area contributed by atoms with E-state index in [0.717, 1.165) is 28.0 Å². The summed E-state index contributed by atoms with van der Waals surface area (Å²) >= 11 is 0. The number of hydrogen-bond donors (Lipinski definition) is 1. The molecule has 6 aromatic rings. The minimum Gasteiger partial charge on any atom is -0.484 e. The molecular weight excluding hydrogens is 559 g/mol. The van der Waals surface area contributed by atoms with Gasteiger partial charge in [-0.2, -0.15) is 13.2 Å². The first-order valence-corrected chi connectivity index (χ1v) is 13.2. The van der Waals surface area contributed by atoms with E-state index in [0.29, 0.717) is 5.69 Å². The number of carbonyl (C=O) groups is 1. The van der Waals surface area contributed by atoms with Crippen molar-refractivity contribution < 1.29 is 31.9 Å². The molecule has 0 spiro atoms. The lowest BCUT2D eigenvalue weighted by Gasteiger charge is -2.14. The molecule has 6 rings (SSSR count). The van der Waals surface area contributed by atoms with Crippen molar-refractivity contribution in [2.75, 3.05) is 11.9 Å². The number of hydrogen-bond acceptors (Lipinski definition) is 5. The highest BCUT2D eigenvalue weighted by Crippen LogP contribution is 2.39. The molecule has 0 aliphatic rings. The number of nitrogens with one attached hydrogen (secondary N) is 1. The molecule has 43 heavy (non-hydrogen) atoms. The van der Waals surface area contributed by atoms with Crippen molar-refractivity contribution in [3.63, 3.8) is 0 Å². The molecule has 1 amide bonds. The smallest absolute Gasteiger partial charge is 0.453 e. The largest absolute Gasteiger partial charge is 0.484 e. The van der Waals surface area contributed by atoms with Crippen LogP contribution in [0, 0.1) is 0 Å². The average molecular weight is 582 g/mol. The molecule has 1 N–H and O–H groups in total. The van der Waals surface area contributed by atoms with Crippen molar-refractivity contribution in [1.29, 1.82) is 0 Å². The van der Waals surface area contributed by atoms with E-state index in [2.05, 4.69) is 5.32 Å². The normalized spacial score (nSPS) is 11.4. The van der Waals surface area contributed by atoms with Gasteiger partial charge in [0.15, 0.2) is 6.61 Å². The number of anilines is 1. The zero-order valence-electron chi connectivity index (χ0n) is 22.4. The third kappa shape index (κ3) is 5.92. The maximum atomic E-state index is 14.0. The van der Waals surface area contributed by atoms with E-state index in [-0.39, 0.29) is 22.5 Å². The molecule has 1 heterocycles. The molecule has 0 bridgehead atoms. The van der Waals surface area contributed by atoms with E-state index >= 15 is 0 Å². The molecule has 9 heteroatoms. The van der Waals surface area contributed by atoms with Gasteiger partial charge in [0.2, 0.25) is 11.2 Å². The van der Waals surface area contributed by atoms with Crippen LogP contribution in [0.5, 0.6) is 17.2 Å². The van der Waals surface area contributed by atoms with E-state index in [9.17, 15) is 22.8 Å². The summed E-state index contributed by atoms with van der Waals surface area (Å²) in [6, 6.07) is 32.5. The zero-order chi connectivity index (χ0) is 30.0. The minimum atomic E-state index is -5.03. The lowest BCUT2D eigenvalue weighted by atomic mass is 10.1. The van der Waals surface area contributed by atoms with Crippen molar-refractivity contribution >= 4 is 33.3 Å². The second-order valence-corrected chi connectivity index (χ2v) is 9.60. The number of benzene rings is 5. The van der Waals surface area contributed by atoms with E-state index in [1.54, 1.807) is 24.3 Å². The van der Waals surface area contributed by atoms with Crippen molar-refractivity contribution in [1.82, 2.24) is 0 Å². The SMILES string of the molecule is O=C(COc1ccc2c(=O)c(Oc3ccc(-c4ccccc4)cc3)c(C(F)(F)F)oc2c1)Nc1cccc2ccccc12. The first-order chi connectivity index (χ1) is 20.8. The molecule has 0 aliphatic carbocycles. The predicted octanol–water partition coefficient (Wildman–Crippen LogP) is 8.44. The van der Waals surface area contributed by atoms with Gasteiger partial charge in [-0.3, -0.25) is 9.59 Å². The van der Waals surface area contributed by atoms with Gasteiger partial charge in [0.1, 0.15) is 17.1 Å². The number of fused-ring (bicyclic) bond motifs is 2. The second-order valence-electron chi connectivity index (χ2n) is 9.60. The van der Waals surface area contributed by atoms with Gasteiger partial charge in [-0.25, -0.2) is 0 Å². The molecule has 0 saturated heterocycles. The highest BCUT2D eigenvalue weighted by atomic mass is 19.4. The van der Waals surface area contributed by atoms with Crippen LogP contribution in [-0.2, 0) is 11.0 Å². The number of alkyl halides is 3. The summed E-state index contributed by atoms with van der Waals surface area (Å²) < 4.78 is 58.2. The first-order valence-electron chi connectivity index (χ1n) is 13.2. The highest BCUT2D eigenvalue weighted by molar-refractivity contribution is 6.02.